The summed E-state index contributed by atoms with van der Waals surface area (Å²) in [4.78, 5) is 25.6. The van der Waals surface area contributed by atoms with Crippen LogP contribution < -0.4 is 15.6 Å². The van der Waals surface area contributed by atoms with Gasteiger partial charge < -0.3 is 10.1 Å². The van der Waals surface area contributed by atoms with E-state index in [0.29, 0.717) is 30.5 Å². The second-order valence-corrected chi connectivity index (χ2v) is 7.45. The molecule has 0 aliphatic rings. The molecule has 0 aliphatic heterocycles. The van der Waals surface area contributed by atoms with E-state index in [4.69, 9.17) is 4.74 Å². The van der Waals surface area contributed by atoms with Gasteiger partial charge in [0.2, 0.25) is 0 Å². The van der Waals surface area contributed by atoms with E-state index in [2.05, 4.69) is 17.3 Å². The summed E-state index contributed by atoms with van der Waals surface area (Å²) in [7, 11) is 0. The molecule has 29 heavy (non-hydrogen) atoms. The SMILES string of the molecule is CCCOc1ccc(CNC(=O)c2nn(CC(C)C)c(=O)c3ccccc23)cc1. The Labute approximate surface area is 170 Å². The molecule has 0 atom stereocenters. The normalized spacial score (nSPS) is 11.0. The molecular formula is C23H27N3O3. The number of hydrogen-bond acceptors (Lipinski definition) is 4. The molecule has 0 spiro atoms. The summed E-state index contributed by atoms with van der Waals surface area (Å²) in [5, 5.41) is 8.36. The Morgan fingerprint density at radius 3 is 2.45 bits per heavy atom. The van der Waals surface area contributed by atoms with Gasteiger partial charge in [-0.05, 0) is 36.1 Å². The summed E-state index contributed by atoms with van der Waals surface area (Å²) in [5.74, 6) is 0.756. The first kappa shape index (κ1) is 20.6. The second kappa shape index (κ2) is 9.37. The summed E-state index contributed by atoms with van der Waals surface area (Å²) in [5.41, 5.74) is 1.05. The molecule has 0 saturated heterocycles. The average Bonchev–Trinajstić information content (AvgIpc) is 2.73. The summed E-state index contributed by atoms with van der Waals surface area (Å²) in [6.45, 7) is 7.59. The summed E-state index contributed by atoms with van der Waals surface area (Å²) in [6.07, 6.45) is 0.956. The van der Waals surface area contributed by atoms with Crippen molar-refractivity contribution in [3.8, 4) is 5.75 Å². The highest BCUT2D eigenvalue weighted by molar-refractivity contribution is 6.04. The van der Waals surface area contributed by atoms with Gasteiger partial charge in [-0.25, -0.2) is 4.68 Å². The number of nitrogens with zero attached hydrogens (tertiary/aromatic N) is 2. The molecule has 0 bridgehead atoms. The zero-order valence-electron chi connectivity index (χ0n) is 17.1. The fourth-order valence-corrected chi connectivity index (χ4v) is 3.06. The van der Waals surface area contributed by atoms with E-state index < -0.39 is 0 Å². The van der Waals surface area contributed by atoms with Crippen LogP contribution in [0.25, 0.3) is 10.8 Å². The molecule has 0 unspecified atom stereocenters. The minimum absolute atomic E-state index is 0.173. The van der Waals surface area contributed by atoms with Gasteiger partial charge in [0.25, 0.3) is 11.5 Å². The number of carbonyl (C=O) groups is 1. The predicted octanol–water partition coefficient (Wildman–Crippen LogP) is 3.77. The molecule has 152 valence electrons. The van der Waals surface area contributed by atoms with Crippen LogP contribution in [0, 0.1) is 5.92 Å². The van der Waals surface area contributed by atoms with Crippen molar-refractivity contribution in [2.24, 2.45) is 5.92 Å². The minimum Gasteiger partial charge on any atom is -0.494 e. The zero-order chi connectivity index (χ0) is 20.8. The van der Waals surface area contributed by atoms with Crippen molar-refractivity contribution in [2.45, 2.75) is 40.3 Å². The van der Waals surface area contributed by atoms with E-state index in [9.17, 15) is 9.59 Å². The van der Waals surface area contributed by atoms with Crippen molar-refractivity contribution in [1.82, 2.24) is 15.1 Å². The third-order valence-corrected chi connectivity index (χ3v) is 4.47. The third kappa shape index (κ3) is 5.02. The number of rotatable bonds is 8. The van der Waals surface area contributed by atoms with Gasteiger partial charge in [0.15, 0.2) is 5.69 Å². The van der Waals surface area contributed by atoms with Crippen LogP contribution in [0.3, 0.4) is 0 Å². The number of nitrogens with one attached hydrogen (secondary N) is 1. The van der Waals surface area contributed by atoms with Crippen molar-refractivity contribution in [2.75, 3.05) is 6.61 Å². The Morgan fingerprint density at radius 2 is 1.79 bits per heavy atom. The lowest BCUT2D eigenvalue weighted by Gasteiger charge is -2.13. The van der Waals surface area contributed by atoms with E-state index in [0.717, 1.165) is 17.7 Å². The van der Waals surface area contributed by atoms with Gasteiger partial charge in [-0.2, -0.15) is 5.10 Å². The maximum atomic E-state index is 12.9. The maximum Gasteiger partial charge on any atom is 0.274 e. The largest absolute Gasteiger partial charge is 0.494 e. The van der Waals surface area contributed by atoms with Crippen LogP contribution in [0.1, 0.15) is 43.2 Å². The molecule has 3 aromatic rings. The average molecular weight is 393 g/mol. The molecule has 0 aliphatic carbocycles. The highest BCUT2D eigenvalue weighted by atomic mass is 16.5. The molecule has 0 radical (unpaired) electrons. The van der Waals surface area contributed by atoms with Crippen molar-refractivity contribution in [3.05, 3.63) is 70.1 Å². The smallest absolute Gasteiger partial charge is 0.274 e. The molecule has 3 rings (SSSR count). The van der Waals surface area contributed by atoms with Gasteiger partial charge in [0, 0.05) is 18.5 Å². The van der Waals surface area contributed by atoms with Gasteiger partial charge >= 0.3 is 0 Å². The first-order valence-electron chi connectivity index (χ1n) is 9.99. The molecule has 1 aromatic heterocycles. The molecule has 2 aromatic carbocycles. The molecule has 1 heterocycles. The number of aromatic nitrogens is 2. The van der Waals surface area contributed by atoms with Crippen LogP contribution in [-0.2, 0) is 13.1 Å². The highest BCUT2D eigenvalue weighted by Crippen LogP contribution is 2.15. The predicted molar refractivity (Wildman–Crippen MR) is 114 cm³/mol. The summed E-state index contributed by atoms with van der Waals surface area (Å²) >= 11 is 0. The van der Waals surface area contributed by atoms with E-state index in [1.165, 1.54) is 4.68 Å². The maximum absolute atomic E-state index is 12.9. The molecule has 6 nitrogen and oxygen atoms in total. The van der Waals surface area contributed by atoms with E-state index in [-0.39, 0.29) is 23.1 Å². The third-order valence-electron chi connectivity index (χ3n) is 4.47. The zero-order valence-corrected chi connectivity index (χ0v) is 17.1. The van der Waals surface area contributed by atoms with Gasteiger partial charge in [-0.1, -0.05) is 51.1 Å². The van der Waals surface area contributed by atoms with E-state index in [1.54, 1.807) is 18.2 Å². The van der Waals surface area contributed by atoms with Gasteiger partial charge in [0.1, 0.15) is 5.75 Å². The second-order valence-electron chi connectivity index (χ2n) is 7.45. The van der Waals surface area contributed by atoms with Crippen molar-refractivity contribution in [1.29, 1.82) is 0 Å². The summed E-state index contributed by atoms with van der Waals surface area (Å²) < 4.78 is 6.97. The van der Waals surface area contributed by atoms with Gasteiger partial charge in [0.05, 0.1) is 12.0 Å². The molecule has 6 heteroatoms. The van der Waals surface area contributed by atoms with Crippen molar-refractivity contribution >= 4 is 16.7 Å². The van der Waals surface area contributed by atoms with Crippen LogP contribution in [0.4, 0.5) is 0 Å². The molecule has 1 N–H and O–H groups in total. The van der Waals surface area contributed by atoms with Crippen LogP contribution in [0.15, 0.2) is 53.3 Å². The quantitative estimate of drug-likeness (QED) is 0.632. The van der Waals surface area contributed by atoms with Gasteiger partial charge in [-0.15, -0.1) is 0 Å². The monoisotopic (exact) mass is 393 g/mol. The first-order chi connectivity index (χ1) is 14.0. The lowest BCUT2D eigenvalue weighted by molar-refractivity contribution is 0.0945. The standard InChI is InChI=1S/C23H27N3O3/c1-4-13-29-18-11-9-17(10-12-18)14-24-22(27)21-19-7-5-6-8-20(19)23(28)26(25-21)15-16(2)3/h5-12,16H,4,13-15H2,1-3H3,(H,24,27). The van der Waals surface area contributed by atoms with Gasteiger partial charge in [-0.3, -0.25) is 9.59 Å². The Balaban J connectivity index is 1.81. The van der Waals surface area contributed by atoms with Crippen molar-refractivity contribution in [3.63, 3.8) is 0 Å². The van der Waals surface area contributed by atoms with Crippen LogP contribution in [-0.4, -0.2) is 22.3 Å². The number of benzene rings is 2. The number of hydrogen-bond donors (Lipinski definition) is 1. The van der Waals surface area contributed by atoms with E-state index >= 15 is 0 Å². The Morgan fingerprint density at radius 1 is 1.10 bits per heavy atom. The molecule has 0 saturated carbocycles. The number of amides is 1. The highest BCUT2D eigenvalue weighted by Gasteiger charge is 2.17. The number of ether oxygens (including phenoxy) is 1. The number of carbonyl (C=O) groups excluding carboxylic acids is 1. The fourth-order valence-electron chi connectivity index (χ4n) is 3.06. The Kier molecular flexibility index (Phi) is 6.65. The molecule has 1 amide bonds. The van der Waals surface area contributed by atoms with E-state index in [1.807, 2.05) is 44.2 Å². The van der Waals surface area contributed by atoms with Crippen LogP contribution >= 0.6 is 0 Å². The fraction of sp³-hybridized carbons (Fsp3) is 0.348. The van der Waals surface area contributed by atoms with Crippen LogP contribution in [0.5, 0.6) is 5.75 Å². The Hall–Kier alpha value is -3.15. The molecule has 0 fully saturated rings. The first-order valence-corrected chi connectivity index (χ1v) is 9.99. The molecular weight excluding hydrogens is 366 g/mol. The lowest BCUT2D eigenvalue weighted by Crippen LogP contribution is -2.31. The van der Waals surface area contributed by atoms with Crippen LogP contribution in [0.2, 0.25) is 0 Å². The number of fused-ring (bicyclic) bond motifs is 1. The lowest BCUT2D eigenvalue weighted by atomic mass is 10.1. The topological polar surface area (TPSA) is 73.2 Å². The van der Waals surface area contributed by atoms with Crippen molar-refractivity contribution < 1.29 is 9.53 Å². The Bertz CT molecular complexity index is 1040. The summed E-state index contributed by atoms with van der Waals surface area (Å²) in [6, 6.07) is 14.8. The minimum atomic E-state index is -0.301.